The van der Waals surface area contributed by atoms with Crippen LogP contribution < -0.4 is 10.2 Å². The summed E-state index contributed by atoms with van der Waals surface area (Å²) in [6.45, 7) is 7.81. The first-order chi connectivity index (χ1) is 8.00. The summed E-state index contributed by atoms with van der Waals surface area (Å²) < 4.78 is 5.49. The average Bonchev–Trinajstić information content (AvgIpc) is 2.25. The zero-order chi connectivity index (χ0) is 12.8. The third-order valence-corrected chi connectivity index (χ3v) is 2.57. The smallest absolute Gasteiger partial charge is 0.0642 e. The summed E-state index contributed by atoms with van der Waals surface area (Å²) in [6.07, 6.45) is 0.298. The molecule has 0 bridgehead atoms. The summed E-state index contributed by atoms with van der Waals surface area (Å²) >= 11 is 0. The first kappa shape index (κ1) is 13.8. The van der Waals surface area contributed by atoms with E-state index in [1.54, 1.807) is 0 Å². The summed E-state index contributed by atoms with van der Waals surface area (Å²) in [4.78, 5) is 2.13. The molecule has 1 rings (SSSR count). The first-order valence-corrected chi connectivity index (χ1v) is 6.14. The molecule has 0 aliphatic heterocycles. The second-order valence-corrected chi connectivity index (χ2v) is 4.74. The molecule has 96 valence electrons. The van der Waals surface area contributed by atoms with Crippen molar-refractivity contribution < 1.29 is 4.74 Å². The largest absolute Gasteiger partial charge is 0.383 e. The van der Waals surface area contributed by atoms with Crippen LogP contribution in [0, 0.1) is 6.92 Å². The standard InChI is InChI=1S/C14H24N2O/c1-11(2)17-9-8-15-13-7-6-12(3)14(10-13)16(4)5/h6-7,10-11,15H,8-9H2,1-5H3. The van der Waals surface area contributed by atoms with Gasteiger partial charge in [0.05, 0.1) is 12.7 Å². The van der Waals surface area contributed by atoms with E-state index in [-0.39, 0.29) is 0 Å². The molecule has 0 radical (unpaired) electrons. The van der Waals surface area contributed by atoms with Crippen LogP contribution in [0.1, 0.15) is 19.4 Å². The highest BCUT2D eigenvalue weighted by atomic mass is 16.5. The van der Waals surface area contributed by atoms with Crippen LogP contribution in [-0.4, -0.2) is 33.4 Å². The normalized spacial score (nSPS) is 10.7. The Morgan fingerprint density at radius 3 is 2.59 bits per heavy atom. The Bertz CT molecular complexity index is 348. The molecule has 17 heavy (non-hydrogen) atoms. The maximum absolute atomic E-state index is 5.49. The van der Waals surface area contributed by atoms with Gasteiger partial charge in [0.1, 0.15) is 0 Å². The molecule has 0 amide bonds. The summed E-state index contributed by atoms with van der Waals surface area (Å²) in [5.41, 5.74) is 3.69. The van der Waals surface area contributed by atoms with Gasteiger partial charge in [0.15, 0.2) is 0 Å². The molecule has 0 spiro atoms. The van der Waals surface area contributed by atoms with Crippen LogP contribution in [0.5, 0.6) is 0 Å². The lowest BCUT2D eigenvalue weighted by Crippen LogP contribution is -2.14. The second kappa shape index (κ2) is 6.50. The van der Waals surface area contributed by atoms with Gasteiger partial charge in [0.25, 0.3) is 0 Å². The minimum Gasteiger partial charge on any atom is -0.383 e. The maximum Gasteiger partial charge on any atom is 0.0642 e. The van der Waals surface area contributed by atoms with E-state index in [0.29, 0.717) is 6.10 Å². The molecule has 0 saturated heterocycles. The number of aryl methyl sites for hydroxylation is 1. The topological polar surface area (TPSA) is 24.5 Å². The minimum absolute atomic E-state index is 0.298. The third kappa shape index (κ3) is 4.65. The number of nitrogens with one attached hydrogen (secondary N) is 1. The molecule has 1 N–H and O–H groups in total. The second-order valence-electron chi connectivity index (χ2n) is 4.74. The van der Waals surface area contributed by atoms with Gasteiger partial charge in [0, 0.05) is 32.0 Å². The van der Waals surface area contributed by atoms with E-state index in [0.717, 1.165) is 18.8 Å². The molecule has 0 atom stereocenters. The Kier molecular flexibility index (Phi) is 5.29. The van der Waals surface area contributed by atoms with Gasteiger partial charge < -0.3 is 15.0 Å². The highest BCUT2D eigenvalue weighted by molar-refractivity contribution is 5.61. The molecular weight excluding hydrogens is 212 g/mol. The van der Waals surface area contributed by atoms with Gasteiger partial charge in [-0.15, -0.1) is 0 Å². The van der Waals surface area contributed by atoms with E-state index in [1.807, 2.05) is 0 Å². The summed E-state index contributed by atoms with van der Waals surface area (Å²) in [6, 6.07) is 6.42. The van der Waals surface area contributed by atoms with Crippen molar-refractivity contribution in [3.05, 3.63) is 23.8 Å². The number of hydrogen-bond acceptors (Lipinski definition) is 3. The van der Waals surface area contributed by atoms with Crippen LogP contribution in [0.2, 0.25) is 0 Å². The van der Waals surface area contributed by atoms with Gasteiger partial charge in [-0.1, -0.05) is 6.07 Å². The van der Waals surface area contributed by atoms with Gasteiger partial charge in [0.2, 0.25) is 0 Å². The lowest BCUT2D eigenvalue weighted by Gasteiger charge is -2.17. The Morgan fingerprint density at radius 1 is 1.29 bits per heavy atom. The fourth-order valence-corrected chi connectivity index (χ4v) is 1.69. The average molecular weight is 236 g/mol. The number of rotatable bonds is 6. The fraction of sp³-hybridized carbons (Fsp3) is 0.571. The van der Waals surface area contributed by atoms with Gasteiger partial charge in [-0.05, 0) is 38.5 Å². The lowest BCUT2D eigenvalue weighted by molar-refractivity contribution is 0.0870. The number of anilines is 2. The minimum atomic E-state index is 0.298. The molecule has 0 aliphatic rings. The number of benzene rings is 1. The predicted molar refractivity (Wildman–Crippen MR) is 75.1 cm³/mol. The van der Waals surface area contributed by atoms with Gasteiger partial charge in [-0.25, -0.2) is 0 Å². The van der Waals surface area contributed by atoms with E-state index in [4.69, 9.17) is 4.74 Å². The fourth-order valence-electron chi connectivity index (χ4n) is 1.69. The van der Waals surface area contributed by atoms with E-state index in [1.165, 1.54) is 11.3 Å². The quantitative estimate of drug-likeness (QED) is 0.769. The molecule has 0 heterocycles. The van der Waals surface area contributed by atoms with E-state index >= 15 is 0 Å². The van der Waals surface area contributed by atoms with Crippen molar-refractivity contribution in [2.24, 2.45) is 0 Å². The summed E-state index contributed by atoms with van der Waals surface area (Å²) in [7, 11) is 4.13. The van der Waals surface area contributed by atoms with Crippen LogP contribution in [0.25, 0.3) is 0 Å². The van der Waals surface area contributed by atoms with Crippen molar-refractivity contribution in [1.82, 2.24) is 0 Å². The molecular formula is C14H24N2O. The molecule has 3 nitrogen and oxygen atoms in total. The Labute approximate surface area is 105 Å². The highest BCUT2D eigenvalue weighted by Crippen LogP contribution is 2.22. The van der Waals surface area contributed by atoms with Crippen molar-refractivity contribution in [2.75, 3.05) is 37.5 Å². The zero-order valence-electron chi connectivity index (χ0n) is 11.6. The van der Waals surface area contributed by atoms with Crippen LogP contribution in [0.3, 0.4) is 0 Å². The highest BCUT2D eigenvalue weighted by Gasteiger charge is 2.02. The monoisotopic (exact) mass is 236 g/mol. The molecule has 1 aromatic carbocycles. The van der Waals surface area contributed by atoms with Crippen LogP contribution in [-0.2, 0) is 4.74 Å². The summed E-state index contributed by atoms with van der Waals surface area (Å²) in [5.74, 6) is 0. The van der Waals surface area contributed by atoms with Crippen molar-refractivity contribution in [1.29, 1.82) is 0 Å². The van der Waals surface area contributed by atoms with Crippen molar-refractivity contribution in [3.63, 3.8) is 0 Å². The van der Waals surface area contributed by atoms with E-state index in [9.17, 15) is 0 Å². The van der Waals surface area contributed by atoms with Crippen molar-refractivity contribution >= 4 is 11.4 Å². The first-order valence-electron chi connectivity index (χ1n) is 6.14. The summed E-state index contributed by atoms with van der Waals surface area (Å²) in [5, 5.41) is 3.37. The van der Waals surface area contributed by atoms with Gasteiger partial charge >= 0.3 is 0 Å². The number of hydrogen-bond donors (Lipinski definition) is 1. The number of ether oxygens (including phenoxy) is 1. The van der Waals surface area contributed by atoms with Crippen LogP contribution in [0.15, 0.2) is 18.2 Å². The molecule has 0 unspecified atom stereocenters. The Morgan fingerprint density at radius 2 is 2.00 bits per heavy atom. The van der Waals surface area contributed by atoms with Crippen molar-refractivity contribution in [3.8, 4) is 0 Å². The number of nitrogens with zero attached hydrogens (tertiary/aromatic N) is 1. The SMILES string of the molecule is Cc1ccc(NCCOC(C)C)cc1N(C)C. The molecule has 0 aromatic heterocycles. The molecule has 1 aromatic rings. The van der Waals surface area contributed by atoms with E-state index < -0.39 is 0 Å². The molecule has 0 aliphatic carbocycles. The molecule has 3 heteroatoms. The Hall–Kier alpha value is -1.22. The lowest BCUT2D eigenvalue weighted by atomic mass is 10.1. The third-order valence-electron chi connectivity index (χ3n) is 2.57. The van der Waals surface area contributed by atoms with Gasteiger partial charge in [-0.3, -0.25) is 0 Å². The van der Waals surface area contributed by atoms with Crippen molar-refractivity contribution in [2.45, 2.75) is 26.9 Å². The zero-order valence-corrected chi connectivity index (χ0v) is 11.6. The van der Waals surface area contributed by atoms with E-state index in [2.05, 4.69) is 63.3 Å². The molecule has 0 fully saturated rings. The van der Waals surface area contributed by atoms with Crippen LogP contribution in [0.4, 0.5) is 11.4 Å². The van der Waals surface area contributed by atoms with Gasteiger partial charge in [-0.2, -0.15) is 0 Å². The van der Waals surface area contributed by atoms with Crippen LogP contribution >= 0.6 is 0 Å². The maximum atomic E-state index is 5.49. The Balaban J connectivity index is 2.51. The molecule has 0 saturated carbocycles. The predicted octanol–water partition coefficient (Wildman–Crippen LogP) is 2.90.